The van der Waals surface area contributed by atoms with Crippen LogP contribution in [0, 0.1) is 12.7 Å². The highest BCUT2D eigenvalue weighted by molar-refractivity contribution is 6.03. The van der Waals surface area contributed by atoms with Crippen molar-refractivity contribution in [3.63, 3.8) is 0 Å². The van der Waals surface area contributed by atoms with Crippen LogP contribution in [0.1, 0.15) is 17.5 Å². The molecule has 0 radical (unpaired) electrons. The number of benzene rings is 2. The molecule has 0 saturated heterocycles. The van der Waals surface area contributed by atoms with E-state index in [9.17, 15) is 14.0 Å². The number of carbonyl (C=O) groups is 2. The number of nitrogens with one attached hydrogen (secondary N) is 2. The number of rotatable bonds is 6. The number of methoxy groups -OCH3 is 1. The van der Waals surface area contributed by atoms with Crippen molar-refractivity contribution >= 4 is 23.7 Å². The first kappa shape index (κ1) is 18.1. The van der Waals surface area contributed by atoms with Crippen LogP contribution in [0.2, 0.25) is 0 Å². The van der Waals surface area contributed by atoms with Crippen LogP contribution >= 0.6 is 0 Å². The van der Waals surface area contributed by atoms with Crippen molar-refractivity contribution in [1.29, 1.82) is 0 Å². The Morgan fingerprint density at radius 2 is 1.96 bits per heavy atom. The molecule has 25 heavy (non-hydrogen) atoms. The Morgan fingerprint density at radius 1 is 1.20 bits per heavy atom. The van der Waals surface area contributed by atoms with Crippen LogP contribution < -0.4 is 15.5 Å². The second-order valence-electron chi connectivity index (χ2n) is 5.23. The second kappa shape index (κ2) is 8.58. The first-order valence-corrected chi connectivity index (χ1v) is 7.50. The number of nitrogens with zero attached hydrogens (tertiary/aromatic N) is 1. The van der Waals surface area contributed by atoms with Crippen molar-refractivity contribution in [3.05, 3.63) is 59.4 Å². The standard InChI is InChI=1S/C18H18FN3O3/c1-12-7-8-13(9-16(12)25-2)11-20-22-18(24)10-17(23)21-15-6-4-3-5-14(15)19/h3-9,11H,10H2,1-2H3,(H,21,23)(H,22,24). The molecule has 7 heteroatoms. The number of ether oxygens (including phenoxy) is 1. The number of anilines is 1. The molecule has 0 aromatic heterocycles. The van der Waals surface area contributed by atoms with Crippen molar-refractivity contribution in [3.8, 4) is 5.75 Å². The summed E-state index contributed by atoms with van der Waals surface area (Å²) in [4.78, 5) is 23.4. The molecule has 0 atom stereocenters. The predicted octanol–water partition coefficient (Wildman–Crippen LogP) is 2.62. The van der Waals surface area contributed by atoms with Gasteiger partial charge < -0.3 is 10.1 Å². The third kappa shape index (κ3) is 5.42. The SMILES string of the molecule is COc1cc(C=NNC(=O)CC(=O)Nc2ccccc2F)ccc1C. The van der Waals surface area contributed by atoms with E-state index in [-0.39, 0.29) is 5.69 Å². The molecule has 130 valence electrons. The average Bonchev–Trinajstić information content (AvgIpc) is 2.58. The molecule has 2 aromatic carbocycles. The number of hydrazone groups is 1. The maximum absolute atomic E-state index is 13.4. The van der Waals surface area contributed by atoms with Gasteiger partial charge in [0.1, 0.15) is 18.0 Å². The minimum absolute atomic E-state index is 0.0237. The van der Waals surface area contributed by atoms with Gasteiger partial charge in [0.2, 0.25) is 11.8 Å². The van der Waals surface area contributed by atoms with Crippen molar-refractivity contribution in [2.24, 2.45) is 5.10 Å². The molecular formula is C18H18FN3O3. The summed E-state index contributed by atoms with van der Waals surface area (Å²) in [6.07, 6.45) is 0.970. The Balaban J connectivity index is 1.86. The lowest BCUT2D eigenvalue weighted by Crippen LogP contribution is -2.24. The van der Waals surface area contributed by atoms with Crippen LogP contribution in [0.15, 0.2) is 47.6 Å². The first-order chi connectivity index (χ1) is 12.0. The molecule has 2 rings (SSSR count). The molecule has 0 aliphatic heterocycles. The summed E-state index contributed by atoms with van der Waals surface area (Å²) < 4.78 is 18.6. The Hall–Kier alpha value is -3.22. The molecule has 6 nitrogen and oxygen atoms in total. The minimum Gasteiger partial charge on any atom is -0.496 e. The van der Waals surface area contributed by atoms with Crippen molar-refractivity contribution in [2.45, 2.75) is 13.3 Å². The predicted molar refractivity (Wildman–Crippen MR) is 93.1 cm³/mol. The Labute approximate surface area is 144 Å². The summed E-state index contributed by atoms with van der Waals surface area (Å²) in [5.41, 5.74) is 3.99. The molecule has 2 amide bonds. The van der Waals surface area contributed by atoms with E-state index in [0.29, 0.717) is 5.75 Å². The number of hydrogen-bond donors (Lipinski definition) is 2. The van der Waals surface area contributed by atoms with Gasteiger partial charge in [0.05, 0.1) is 19.0 Å². The molecule has 0 saturated carbocycles. The Kier molecular flexibility index (Phi) is 6.22. The minimum atomic E-state index is -0.630. The molecular weight excluding hydrogens is 325 g/mol. The molecule has 2 N–H and O–H groups in total. The normalized spacial score (nSPS) is 10.5. The average molecular weight is 343 g/mol. The van der Waals surface area contributed by atoms with E-state index < -0.39 is 24.1 Å². The summed E-state index contributed by atoms with van der Waals surface area (Å²) in [7, 11) is 1.57. The lowest BCUT2D eigenvalue weighted by atomic mass is 10.1. The van der Waals surface area contributed by atoms with Crippen molar-refractivity contribution in [1.82, 2.24) is 5.43 Å². The van der Waals surface area contributed by atoms with E-state index in [1.165, 1.54) is 24.4 Å². The van der Waals surface area contributed by atoms with Gasteiger partial charge in [-0.2, -0.15) is 5.10 Å². The molecule has 0 bridgehead atoms. The van der Waals surface area contributed by atoms with Gasteiger partial charge in [0, 0.05) is 0 Å². The fourth-order valence-electron chi connectivity index (χ4n) is 2.04. The lowest BCUT2D eigenvalue weighted by Gasteiger charge is -2.06. The fourth-order valence-corrected chi connectivity index (χ4v) is 2.04. The molecule has 0 heterocycles. The van der Waals surface area contributed by atoms with Gasteiger partial charge in [-0.05, 0) is 36.2 Å². The first-order valence-electron chi connectivity index (χ1n) is 7.50. The van der Waals surface area contributed by atoms with E-state index >= 15 is 0 Å². The van der Waals surface area contributed by atoms with E-state index in [4.69, 9.17) is 4.74 Å². The molecule has 0 unspecified atom stereocenters. The van der Waals surface area contributed by atoms with Crippen LogP contribution in [0.3, 0.4) is 0 Å². The third-order valence-corrected chi connectivity index (χ3v) is 3.30. The molecule has 0 aliphatic carbocycles. The van der Waals surface area contributed by atoms with Crippen LogP contribution in [0.4, 0.5) is 10.1 Å². The molecule has 0 fully saturated rings. The number of amides is 2. The van der Waals surface area contributed by atoms with E-state index in [0.717, 1.165) is 11.1 Å². The number of carbonyl (C=O) groups excluding carboxylic acids is 2. The quantitative estimate of drug-likeness (QED) is 0.481. The van der Waals surface area contributed by atoms with Gasteiger partial charge in [-0.15, -0.1) is 0 Å². The summed E-state index contributed by atoms with van der Waals surface area (Å²) in [6, 6.07) is 11.2. The van der Waals surface area contributed by atoms with Gasteiger partial charge in [-0.1, -0.05) is 24.3 Å². The number of halogens is 1. The number of para-hydroxylation sites is 1. The zero-order valence-corrected chi connectivity index (χ0v) is 13.9. The van der Waals surface area contributed by atoms with Gasteiger partial charge in [0.15, 0.2) is 0 Å². The lowest BCUT2D eigenvalue weighted by molar-refractivity contribution is -0.126. The molecule has 0 spiro atoms. The number of hydrogen-bond acceptors (Lipinski definition) is 4. The van der Waals surface area contributed by atoms with Gasteiger partial charge in [-0.3, -0.25) is 9.59 Å². The molecule has 0 aliphatic rings. The summed E-state index contributed by atoms with van der Waals surface area (Å²) in [5, 5.41) is 6.12. The Morgan fingerprint density at radius 3 is 2.68 bits per heavy atom. The zero-order valence-electron chi connectivity index (χ0n) is 13.9. The van der Waals surface area contributed by atoms with Crippen LogP contribution in [-0.2, 0) is 9.59 Å². The second-order valence-corrected chi connectivity index (χ2v) is 5.23. The van der Waals surface area contributed by atoms with Crippen molar-refractivity contribution < 1.29 is 18.7 Å². The highest BCUT2D eigenvalue weighted by Crippen LogP contribution is 2.17. The third-order valence-electron chi connectivity index (χ3n) is 3.30. The van der Waals surface area contributed by atoms with Crippen LogP contribution in [0.5, 0.6) is 5.75 Å². The topological polar surface area (TPSA) is 79.8 Å². The monoisotopic (exact) mass is 343 g/mol. The van der Waals surface area contributed by atoms with E-state index in [1.54, 1.807) is 19.2 Å². The van der Waals surface area contributed by atoms with Gasteiger partial charge >= 0.3 is 0 Å². The summed E-state index contributed by atoms with van der Waals surface area (Å²) in [5.74, 6) is -1.10. The zero-order chi connectivity index (χ0) is 18.2. The van der Waals surface area contributed by atoms with E-state index in [2.05, 4.69) is 15.8 Å². The highest BCUT2D eigenvalue weighted by atomic mass is 19.1. The maximum atomic E-state index is 13.4. The van der Waals surface area contributed by atoms with Gasteiger partial charge in [-0.25, -0.2) is 9.82 Å². The molecule has 2 aromatic rings. The summed E-state index contributed by atoms with van der Waals surface area (Å²) >= 11 is 0. The van der Waals surface area contributed by atoms with Crippen LogP contribution in [0.25, 0.3) is 0 Å². The smallest absolute Gasteiger partial charge is 0.249 e. The summed E-state index contributed by atoms with van der Waals surface area (Å²) in [6.45, 7) is 1.91. The largest absolute Gasteiger partial charge is 0.496 e. The number of aryl methyl sites for hydroxylation is 1. The Bertz CT molecular complexity index is 806. The van der Waals surface area contributed by atoms with E-state index in [1.807, 2.05) is 19.1 Å². The van der Waals surface area contributed by atoms with Gasteiger partial charge in [0.25, 0.3) is 0 Å². The fraction of sp³-hybridized carbons (Fsp3) is 0.167. The highest BCUT2D eigenvalue weighted by Gasteiger charge is 2.10. The van der Waals surface area contributed by atoms with Crippen LogP contribution in [-0.4, -0.2) is 25.1 Å². The maximum Gasteiger partial charge on any atom is 0.249 e. The van der Waals surface area contributed by atoms with Crippen molar-refractivity contribution in [2.75, 3.05) is 12.4 Å².